The summed E-state index contributed by atoms with van der Waals surface area (Å²) in [6.45, 7) is 0. The standard InChI is InChI=1S/C22H19FN2O/c23-18-9-5-4-8-17(18)19-12-13-21(25-19)20-11-10-16(14-24-20)22(26)15-6-2-1-3-7-15/h1-9,12-14,20,24-25H,10-11H2. The zero-order chi connectivity index (χ0) is 17.9. The molecule has 0 fully saturated rings. The van der Waals surface area contributed by atoms with E-state index in [1.807, 2.05) is 54.7 Å². The lowest BCUT2D eigenvalue weighted by Gasteiger charge is -2.23. The van der Waals surface area contributed by atoms with Crippen molar-refractivity contribution in [3.63, 3.8) is 0 Å². The lowest BCUT2D eigenvalue weighted by atomic mass is 9.94. The van der Waals surface area contributed by atoms with E-state index < -0.39 is 0 Å². The van der Waals surface area contributed by atoms with E-state index in [2.05, 4.69) is 10.3 Å². The molecule has 1 aliphatic heterocycles. The van der Waals surface area contributed by atoms with Crippen LogP contribution >= 0.6 is 0 Å². The molecule has 0 spiro atoms. The molecule has 1 unspecified atom stereocenters. The van der Waals surface area contributed by atoms with Gasteiger partial charge in [-0.05, 0) is 37.1 Å². The van der Waals surface area contributed by atoms with Crippen LogP contribution in [0, 0.1) is 5.82 Å². The fourth-order valence-corrected chi connectivity index (χ4v) is 3.31. The molecule has 4 rings (SSSR count). The van der Waals surface area contributed by atoms with E-state index in [0.717, 1.165) is 23.4 Å². The molecule has 2 N–H and O–H groups in total. The van der Waals surface area contributed by atoms with Crippen molar-refractivity contribution in [1.82, 2.24) is 10.3 Å². The molecule has 130 valence electrons. The molecule has 0 saturated carbocycles. The summed E-state index contributed by atoms with van der Waals surface area (Å²) in [4.78, 5) is 15.8. The van der Waals surface area contributed by atoms with Crippen molar-refractivity contribution in [3.8, 4) is 11.3 Å². The highest BCUT2D eigenvalue weighted by molar-refractivity contribution is 6.08. The van der Waals surface area contributed by atoms with Crippen LogP contribution in [-0.4, -0.2) is 10.8 Å². The zero-order valence-corrected chi connectivity index (χ0v) is 14.2. The number of benzene rings is 2. The van der Waals surface area contributed by atoms with Gasteiger partial charge in [0.25, 0.3) is 0 Å². The summed E-state index contributed by atoms with van der Waals surface area (Å²) in [5.41, 5.74) is 3.81. The number of nitrogens with one attached hydrogen (secondary N) is 2. The van der Waals surface area contributed by atoms with Gasteiger partial charge < -0.3 is 10.3 Å². The Hall–Kier alpha value is -3.14. The Kier molecular flexibility index (Phi) is 4.40. The normalized spacial score (nSPS) is 16.7. The predicted octanol–water partition coefficient (Wildman–Crippen LogP) is 5.01. The minimum absolute atomic E-state index is 0.0649. The van der Waals surface area contributed by atoms with Crippen LogP contribution in [0.2, 0.25) is 0 Å². The van der Waals surface area contributed by atoms with Gasteiger partial charge in [-0.25, -0.2) is 4.39 Å². The average molecular weight is 346 g/mol. The molecule has 0 aliphatic carbocycles. The minimum atomic E-state index is -0.242. The van der Waals surface area contributed by atoms with Crippen molar-refractivity contribution in [3.05, 3.63) is 95.6 Å². The van der Waals surface area contributed by atoms with Gasteiger partial charge in [-0.3, -0.25) is 4.79 Å². The van der Waals surface area contributed by atoms with Gasteiger partial charge in [0.15, 0.2) is 5.78 Å². The highest BCUT2D eigenvalue weighted by Gasteiger charge is 2.21. The molecule has 0 bridgehead atoms. The number of aromatic amines is 1. The molecule has 2 heterocycles. The number of H-pyrrole nitrogens is 1. The summed E-state index contributed by atoms with van der Waals surface area (Å²) in [6.07, 6.45) is 3.33. The molecule has 0 amide bonds. The van der Waals surface area contributed by atoms with Gasteiger partial charge in [0, 0.05) is 34.3 Å². The monoisotopic (exact) mass is 346 g/mol. The van der Waals surface area contributed by atoms with Gasteiger partial charge in [0.1, 0.15) is 5.82 Å². The Morgan fingerprint density at radius 2 is 1.73 bits per heavy atom. The van der Waals surface area contributed by atoms with Crippen LogP contribution < -0.4 is 5.32 Å². The number of ketones is 1. The Morgan fingerprint density at radius 3 is 2.46 bits per heavy atom. The fraction of sp³-hybridized carbons (Fsp3) is 0.136. The number of Topliss-reactive ketones (excluding diaryl/α,β-unsaturated/α-hetero) is 1. The third kappa shape index (κ3) is 3.18. The fourth-order valence-electron chi connectivity index (χ4n) is 3.31. The first-order valence-electron chi connectivity index (χ1n) is 8.71. The van der Waals surface area contributed by atoms with Crippen molar-refractivity contribution >= 4 is 5.78 Å². The quantitative estimate of drug-likeness (QED) is 0.652. The SMILES string of the molecule is O=C(C1=CNC(c2ccc(-c3ccccc3F)[nH]2)CC1)c1ccccc1. The van der Waals surface area contributed by atoms with Gasteiger partial charge in [-0.15, -0.1) is 0 Å². The van der Waals surface area contributed by atoms with Crippen LogP contribution in [0.5, 0.6) is 0 Å². The van der Waals surface area contributed by atoms with Crippen molar-refractivity contribution in [2.45, 2.75) is 18.9 Å². The lowest BCUT2D eigenvalue weighted by Crippen LogP contribution is -2.23. The molecule has 0 radical (unpaired) electrons. The summed E-state index contributed by atoms with van der Waals surface area (Å²) >= 11 is 0. The molecule has 4 heteroatoms. The largest absolute Gasteiger partial charge is 0.382 e. The first-order chi connectivity index (χ1) is 12.7. The van der Waals surface area contributed by atoms with Crippen LogP contribution in [0.25, 0.3) is 11.3 Å². The molecule has 3 aromatic rings. The molecule has 1 aliphatic rings. The maximum Gasteiger partial charge on any atom is 0.190 e. The van der Waals surface area contributed by atoms with Crippen molar-refractivity contribution in [1.29, 1.82) is 0 Å². The van der Waals surface area contributed by atoms with Crippen molar-refractivity contribution < 1.29 is 9.18 Å². The molecule has 3 nitrogen and oxygen atoms in total. The van der Waals surface area contributed by atoms with Crippen LogP contribution in [0.3, 0.4) is 0 Å². The van der Waals surface area contributed by atoms with Gasteiger partial charge in [-0.2, -0.15) is 0 Å². The first kappa shape index (κ1) is 16.3. The number of aromatic nitrogens is 1. The second kappa shape index (κ2) is 7.00. The van der Waals surface area contributed by atoms with E-state index in [-0.39, 0.29) is 17.6 Å². The number of hydrogen-bond donors (Lipinski definition) is 2. The molecule has 1 aromatic heterocycles. The number of carbonyl (C=O) groups excluding carboxylic acids is 1. The Bertz CT molecular complexity index is 959. The number of allylic oxidation sites excluding steroid dienone is 1. The van der Waals surface area contributed by atoms with E-state index in [1.54, 1.807) is 12.1 Å². The maximum atomic E-state index is 13.9. The highest BCUT2D eigenvalue weighted by Crippen LogP contribution is 2.29. The molecule has 0 saturated heterocycles. The number of halogens is 1. The molecular formula is C22H19FN2O. The second-order valence-corrected chi connectivity index (χ2v) is 6.43. The van der Waals surface area contributed by atoms with E-state index >= 15 is 0 Å². The minimum Gasteiger partial charge on any atom is -0.382 e. The van der Waals surface area contributed by atoms with Crippen LogP contribution in [-0.2, 0) is 0 Å². The summed E-state index contributed by atoms with van der Waals surface area (Å²) in [6, 6.07) is 20.0. The molecular weight excluding hydrogens is 327 g/mol. The van der Waals surface area contributed by atoms with Crippen LogP contribution in [0.1, 0.15) is 34.9 Å². The summed E-state index contributed by atoms with van der Waals surface area (Å²) < 4.78 is 13.9. The maximum absolute atomic E-state index is 13.9. The Balaban J connectivity index is 1.49. The zero-order valence-electron chi connectivity index (χ0n) is 14.2. The van der Waals surface area contributed by atoms with Crippen molar-refractivity contribution in [2.24, 2.45) is 0 Å². The average Bonchev–Trinajstić information content (AvgIpc) is 3.18. The van der Waals surface area contributed by atoms with E-state index in [1.165, 1.54) is 6.07 Å². The summed E-state index contributed by atoms with van der Waals surface area (Å²) in [5, 5.41) is 3.31. The van der Waals surface area contributed by atoms with Gasteiger partial charge in [-0.1, -0.05) is 42.5 Å². The summed E-state index contributed by atoms with van der Waals surface area (Å²) in [5.74, 6) is -0.178. The molecule has 26 heavy (non-hydrogen) atoms. The van der Waals surface area contributed by atoms with E-state index in [9.17, 15) is 9.18 Å². The molecule has 1 atom stereocenters. The number of carbonyl (C=O) groups is 1. The summed E-state index contributed by atoms with van der Waals surface area (Å²) in [7, 11) is 0. The lowest BCUT2D eigenvalue weighted by molar-refractivity contribution is 0.102. The van der Waals surface area contributed by atoms with Crippen molar-refractivity contribution in [2.75, 3.05) is 0 Å². The Morgan fingerprint density at radius 1 is 0.962 bits per heavy atom. The molecule has 2 aromatic carbocycles. The second-order valence-electron chi connectivity index (χ2n) is 6.43. The first-order valence-corrected chi connectivity index (χ1v) is 8.71. The number of hydrogen-bond acceptors (Lipinski definition) is 2. The van der Waals surface area contributed by atoms with E-state index in [4.69, 9.17) is 0 Å². The van der Waals surface area contributed by atoms with Gasteiger partial charge >= 0.3 is 0 Å². The highest BCUT2D eigenvalue weighted by atomic mass is 19.1. The topological polar surface area (TPSA) is 44.9 Å². The number of rotatable bonds is 4. The van der Waals surface area contributed by atoms with Gasteiger partial charge in [0.2, 0.25) is 0 Å². The van der Waals surface area contributed by atoms with E-state index in [0.29, 0.717) is 17.5 Å². The van der Waals surface area contributed by atoms with Gasteiger partial charge in [0.05, 0.1) is 6.04 Å². The van der Waals surface area contributed by atoms with Crippen LogP contribution in [0.15, 0.2) is 78.5 Å². The predicted molar refractivity (Wildman–Crippen MR) is 100 cm³/mol. The third-order valence-electron chi connectivity index (χ3n) is 4.74. The third-order valence-corrected chi connectivity index (χ3v) is 4.74. The Labute approximate surface area is 151 Å². The van der Waals surface area contributed by atoms with Crippen LogP contribution in [0.4, 0.5) is 4.39 Å². The smallest absolute Gasteiger partial charge is 0.190 e.